The second kappa shape index (κ2) is 5.70. The van der Waals surface area contributed by atoms with Crippen molar-refractivity contribution < 1.29 is 9.21 Å². The minimum absolute atomic E-state index is 0.0784. The quantitative estimate of drug-likeness (QED) is 0.770. The second-order valence-corrected chi connectivity index (χ2v) is 4.48. The Labute approximate surface area is 96.4 Å². The Bertz CT molecular complexity index is 318. The summed E-state index contributed by atoms with van der Waals surface area (Å²) < 4.78 is 4.96. The van der Waals surface area contributed by atoms with Crippen LogP contribution in [-0.4, -0.2) is 19.0 Å². The van der Waals surface area contributed by atoms with Crippen LogP contribution in [0, 0.1) is 5.41 Å². The van der Waals surface area contributed by atoms with Crippen LogP contribution in [0.25, 0.3) is 0 Å². The minimum Gasteiger partial charge on any atom is -0.472 e. The summed E-state index contributed by atoms with van der Waals surface area (Å²) in [4.78, 5) is 11.7. The molecule has 1 heterocycles. The smallest absolute Gasteiger partial charge is 0.226 e. The van der Waals surface area contributed by atoms with E-state index in [1.165, 1.54) is 0 Å². The Hall–Kier alpha value is -1.29. The molecule has 0 radical (unpaired) electrons. The van der Waals surface area contributed by atoms with E-state index in [2.05, 4.69) is 10.6 Å². The summed E-state index contributed by atoms with van der Waals surface area (Å²) >= 11 is 0. The molecule has 0 aliphatic carbocycles. The first kappa shape index (κ1) is 12.8. The number of nitrogens with one attached hydrogen (secondary N) is 2. The van der Waals surface area contributed by atoms with Gasteiger partial charge in [0.05, 0.1) is 17.9 Å². The first-order chi connectivity index (χ1) is 7.56. The summed E-state index contributed by atoms with van der Waals surface area (Å²) in [6, 6.07) is 1.91. The van der Waals surface area contributed by atoms with Crippen molar-refractivity contribution >= 4 is 5.91 Å². The van der Waals surface area contributed by atoms with Crippen LogP contribution in [0.15, 0.2) is 23.0 Å². The van der Waals surface area contributed by atoms with Gasteiger partial charge in [-0.3, -0.25) is 4.79 Å². The summed E-state index contributed by atoms with van der Waals surface area (Å²) in [6.07, 6.45) is 3.35. The van der Waals surface area contributed by atoms with Crippen LogP contribution in [0.3, 0.4) is 0 Å². The molecule has 2 N–H and O–H groups in total. The Morgan fingerprint density at radius 2 is 2.25 bits per heavy atom. The number of hydrogen-bond donors (Lipinski definition) is 2. The summed E-state index contributed by atoms with van der Waals surface area (Å²) in [7, 11) is 0. The van der Waals surface area contributed by atoms with Crippen molar-refractivity contribution in [1.29, 1.82) is 0 Å². The zero-order valence-corrected chi connectivity index (χ0v) is 10.2. The van der Waals surface area contributed by atoms with E-state index in [0.717, 1.165) is 12.1 Å². The lowest BCUT2D eigenvalue weighted by atomic mass is 9.92. The summed E-state index contributed by atoms with van der Waals surface area (Å²) in [6.45, 7) is 7.82. The van der Waals surface area contributed by atoms with Crippen molar-refractivity contribution in [2.45, 2.75) is 27.3 Å². The molecule has 16 heavy (non-hydrogen) atoms. The highest BCUT2D eigenvalue weighted by atomic mass is 16.3. The van der Waals surface area contributed by atoms with Crippen molar-refractivity contribution in [3.05, 3.63) is 24.2 Å². The van der Waals surface area contributed by atoms with Gasteiger partial charge in [0.25, 0.3) is 0 Å². The third-order valence-corrected chi connectivity index (χ3v) is 2.43. The summed E-state index contributed by atoms with van der Waals surface area (Å²) in [5, 5.41) is 6.08. The highest BCUT2D eigenvalue weighted by Crippen LogP contribution is 2.13. The third kappa shape index (κ3) is 3.70. The molecule has 0 bridgehead atoms. The summed E-state index contributed by atoms with van der Waals surface area (Å²) in [5.74, 6) is 0.0784. The van der Waals surface area contributed by atoms with Crippen molar-refractivity contribution in [2.75, 3.05) is 13.1 Å². The molecule has 90 valence electrons. The molecule has 1 aromatic heterocycles. The average Bonchev–Trinajstić information content (AvgIpc) is 2.70. The van der Waals surface area contributed by atoms with Gasteiger partial charge in [0.1, 0.15) is 0 Å². The Morgan fingerprint density at radius 3 is 2.81 bits per heavy atom. The molecule has 1 aromatic rings. The average molecular weight is 224 g/mol. The fourth-order valence-corrected chi connectivity index (χ4v) is 1.39. The zero-order valence-electron chi connectivity index (χ0n) is 10.2. The minimum atomic E-state index is -0.389. The zero-order chi connectivity index (χ0) is 12.0. The number of rotatable bonds is 6. The highest BCUT2D eigenvalue weighted by molar-refractivity contribution is 5.81. The third-order valence-electron chi connectivity index (χ3n) is 2.43. The predicted molar refractivity (Wildman–Crippen MR) is 62.9 cm³/mol. The number of furan rings is 1. The van der Waals surface area contributed by atoms with E-state index >= 15 is 0 Å². The fraction of sp³-hybridized carbons (Fsp3) is 0.583. The van der Waals surface area contributed by atoms with Crippen LogP contribution in [-0.2, 0) is 11.3 Å². The van der Waals surface area contributed by atoms with Gasteiger partial charge in [-0.2, -0.15) is 0 Å². The number of carbonyl (C=O) groups is 1. The number of carbonyl (C=O) groups excluding carboxylic acids is 1. The van der Waals surface area contributed by atoms with Gasteiger partial charge in [-0.1, -0.05) is 0 Å². The molecule has 1 amide bonds. The maximum absolute atomic E-state index is 11.7. The Morgan fingerprint density at radius 1 is 1.50 bits per heavy atom. The Kier molecular flexibility index (Phi) is 4.55. The van der Waals surface area contributed by atoms with Gasteiger partial charge in [-0.05, 0) is 26.8 Å². The van der Waals surface area contributed by atoms with E-state index in [0.29, 0.717) is 13.1 Å². The van der Waals surface area contributed by atoms with Gasteiger partial charge in [-0.15, -0.1) is 0 Å². The van der Waals surface area contributed by atoms with Gasteiger partial charge in [-0.25, -0.2) is 0 Å². The van der Waals surface area contributed by atoms with Crippen molar-refractivity contribution in [1.82, 2.24) is 10.6 Å². The summed E-state index contributed by atoms with van der Waals surface area (Å²) in [5.41, 5.74) is 0.700. The number of amides is 1. The molecule has 0 saturated carbocycles. The highest BCUT2D eigenvalue weighted by Gasteiger charge is 2.26. The maximum Gasteiger partial charge on any atom is 0.226 e. The fourth-order valence-electron chi connectivity index (χ4n) is 1.39. The van der Waals surface area contributed by atoms with Crippen molar-refractivity contribution in [3.63, 3.8) is 0 Å². The van der Waals surface area contributed by atoms with Gasteiger partial charge >= 0.3 is 0 Å². The predicted octanol–water partition coefficient (Wildman–Crippen LogP) is 1.53. The van der Waals surface area contributed by atoms with E-state index in [-0.39, 0.29) is 11.3 Å². The molecule has 0 saturated heterocycles. The lowest BCUT2D eigenvalue weighted by Gasteiger charge is -2.23. The van der Waals surface area contributed by atoms with E-state index in [1.807, 2.05) is 26.8 Å². The topological polar surface area (TPSA) is 54.3 Å². The van der Waals surface area contributed by atoms with Crippen molar-refractivity contribution in [3.8, 4) is 0 Å². The molecule has 0 unspecified atom stereocenters. The van der Waals surface area contributed by atoms with E-state index < -0.39 is 0 Å². The molecule has 4 heteroatoms. The van der Waals surface area contributed by atoms with Crippen LogP contribution in [0.4, 0.5) is 0 Å². The van der Waals surface area contributed by atoms with Gasteiger partial charge in [0, 0.05) is 25.2 Å². The molecule has 0 fully saturated rings. The monoisotopic (exact) mass is 224 g/mol. The van der Waals surface area contributed by atoms with Gasteiger partial charge < -0.3 is 15.1 Å². The largest absolute Gasteiger partial charge is 0.472 e. The van der Waals surface area contributed by atoms with E-state index in [9.17, 15) is 4.79 Å². The van der Waals surface area contributed by atoms with Crippen LogP contribution < -0.4 is 10.6 Å². The standard InChI is InChI=1S/C12H20N2O2/c1-4-14-11(15)12(2,3)9-13-7-10-5-6-16-8-10/h5-6,8,13H,4,7,9H2,1-3H3,(H,14,15). The lowest BCUT2D eigenvalue weighted by molar-refractivity contribution is -0.129. The molecule has 0 atom stereocenters. The molecule has 1 rings (SSSR count). The molecule has 0 spiro atoms. The van der Waals surface area contributed by atoms with Crippen molar-refractivity contribution in [2.24, 2.45) is 5.41 Å². The van der Waals surface area contributed by atoms with Gasteiger partial charge in [0.15, 0.2) is 0 Å². The van der Waals surface area contributed by atoms with Crippen LogP contribution in [0.5, 0.6) is 0 Å². The molecule has 0 aliphatic rings. The first-order valence-corrected chi connectivity index (χ1v) is 5.56. The maximum atomic E-state index is 11.7. The van der Waals surface area contributed by atoms with Crippen LogP contribution >= 0.6 is 0 Å². The lowest BCUT2D eigenvalue weighted by Crippen LogP contribution is -2.43. The van der Waals surface area contributed by atoms with Crippen LogP contribution in [0.1, 0.15) is 26.3 Å². The van der Waals surface area contributed by atoms with E-state index in [1.54, 1.807) is 12.5 Å². The van der Waals surface area contributed by atoms with Gasteiger partial charge in [0.2, 0.25) is 5.91 Å². The molecular formula is C12H20N2O2. The second-order valence-electron chi connectivity index (χ2n) is 4.48. The van der Waals surface area contributed by atoms with E-state index in [4.69, 9.17) is 4.42 Å². The molecule has 4 nitrogen and oxygen atoms in total. The number of hydrogen-bond acceptors (Lipinski definition) is 3. The molecule has 0 aromatic carbocycles. The SMILES string of the molecule is CCNC(=O)C(C)(C)CNCc1ccoc1. The normalized spacial score (nSPS) is 11.4. The first-order valence-electron chi connectivity index (χ1n) is 5.56. The Balaban J connectivity index is 2.33. The molecular weight excluding hydrogens is 204 g/mol. The van der Waals surface area contributed by atoms with Crippen LogP contribution in [0.2, 0.25) is 0 Å². The molecule has 0 aliphatic heterocycles.